The second kappa shape index (κ2) is 5.27. The van der Waals surface area contributed by atoms with Gasteiger partial charge in [-0.05, 0) is 32.5 Å². The highest BCUT2D eigenvalue weighted by Gasteiger charge is 2.20. The van der Waals surface area contributed by atoms with Gasteiger partial charge in [0.15, 0.2) is 0 Å². The van der Waals surface area contributed by atoms with Gasteiger partial charge in [-0.1, -0.05) is 12.1 Å². The fraction of sp³-hybridized carbons (Fsp3) is 0.385. The largest absolute Gasteiger partial charge is 0.307 e. The molecular weight excluding hydrogens is 231 g/mol. The van der Waals surface area contributed by atoms with Crippen molar-refractivity contribution in [1.29, 1.82) is 0 Å². The molecule has 0 saturated heterocycles. The Hall–Kier alpha value is -1.75. The van der Waals surface area contributed by atoms with Crippen LogP contribution < -0.4 is 5.32 Å². The van der Waals surface area contributed by atoms with E-state index in [1.807, 2.05) is 19.9 Å². The third-order valence-electron chi connectivity index (χ3n) is 2.96. The summed E-state index contributed by atoms with van der Waals surface area (Å²) in [6, 6.07) is 4.94. The van der Waals surface area contributed by atoms with Crippen LogP contribution in [0.15, 0.2) is 24.5 Å². The first kappa shape index (κ1) is 12.7. The van der Waals surface area contributed by atoms with Crippen molar-refractivity contribution in [2.75, 3.05) is 7.05 Å². The van der Waals surface area contributed by atoms with E-state index in [4.69, 9.17) is 0 Å². The molecule has 2 aromatic rings. The van der Waals surface area contributed by atoms with E-state index in [9.17, 15) is 4.39 Å². The molecule has 2 rings (SSSR count). The van der Waals surface area contributed by atoms with E-state index in [0.29, 0.717) is 12.1 Å². The summed E-state index contributed by atoms with van der Waals surface area (Å²) >= 11 is 0. The van der Waals surface area contributed by atoms with Crippen LogP contribution in [0.2, 0.25) is 0 Å². The predicted octanol–water partition coefficient (Wildman–Crippen LogP) is 2.05. The molecule has 0 bridgehead atoms. The number of nitrogens with zero attached hydrogens (tertiary/aromatic N) is 3. The monoisotopic (exact) mass is 248 g/mol. The van der Waals surface area contributed by atoms with Crippen LogP contribution in [0.5, 0.6) is 0 Å². The zero-order valence-corrected chi connectivity index (χ0v) is 10.8. The molecule has 0 amide bonds. The molecule has 0 radical (unpaired) electrons. The van der Waals surface area contributed by atoms with Crippen LogP contribution in [-0.2, 0) is 6.54 Å². The fourth-order valence-corrected chi connectivity index (χ4v) is 2.03. The third-order valence-corrected chi connectivity index (χ3v) is 2.96. The third kappa shape index (κ3) is 2.26. The highest BCUT2D eigenvalue weighted by atomic mass is 19.1. The van der Waals surface area contributed by atoms with Crippen LogP contribution in [0.25, 0.3) is 0 Å². The van der Waals surface area contributed by atoms with Gasteiger partial charge < -0.3 is 5.32 Å². The highest BCUT2D eigenvalue weighted by Crippen LogP contribution is 2.23. The van der Waals surface area contributed by atoms with Gasteiger partial charge >= 0.3 is 0 Å². The lowest BCUT2D eigenvalue weighted by Crippen LogP contribution is -2.23. The van der Waals surface area contributed by atoms with Gasteiger partial charge in [-0.25, -0.2) is 14.1 Å². The molecule has 0 aliphatic heterocycles. The van der Waals surface area contributed by atoms with Gasteiger partial charge in [0.2, 0.25) is 0 Å². The van der Waals surface area contributed by atoms with Crippen LogP contribution >= 0.6 is 0 Å². The van der Waals surface area contributed by atoms with Gasteiger partial charge in [-0.15, -0.1) is 0 Å². The molecule has 0 saturated carbocycles. The lowest BCUT2D eigenvalue weighted by molar-refractivity contribution is 0.523. The minimum absolute atomic E-state index is 0.222. The van der Waals surface area contributed by atoms with Crippen molar-refractivity contribution >= 4 is 0 Å². The second-order valence-corrected chi connectivity index (χ2v) is 4.18. The van der Waals surface area contributed by atoms with E-state index >= 15 is 0 Å². The first-order valence-corrected chi connectivity index (χ1v) is 5.98. The summed E-state index contributed by atoms with van der Waals surface area (Å²) in [7, 11) is 1.79. The first-order chi connectivity index (χ1) is 8.67. The molecule has 0 fully saturated rings. The Morgan fingerprint density at radius 3 is 2.83 bits per heavy atom. The molecule has 0 aliphatic carbocycles. The number of aryl methyl sites for hydroxylation is 2. The molecule has 1 unspecified atom stereocenters. The maximum atomic E-state index is 14.0. The number of benzene rings is 1. The van der Waals surface area contributed by atoms with Crippen molar-refractivity contribution in [1.82, 2.24) is 20.1 Å². The Kier molecular flexibility index (Phi) is 3.72. The normalized spacial score (nSPS) is 12.7. The molecule has 18 heavy (non-hydrogen) atoms. The molecule has 4 nitrogen and oxygen atoms in total. The quantitative estimate of drug-likeness (QED) is 0.900. The van der Waals surface area contributed by atoms with E-state index in [2.05, 4.69) is 15.4 Å². The van der Waals surface area contributed by atoms with Gasteiger partial charge in [0.05, 0.1) is 6.04 Å². The predicted molar refractivity (Wildman–Crippen MR) is 67.7 cm³/mol. The van der Waals surface area contributed by atoms with Gasteiger partial charge in [-0.3, -0.25) is 0 Å². The summed E-state index contributed by atoms with van der Waals surface area (Å²) < 4.78 is 15.8. The number of halogens is 1. The SMILES string of the molecule is CCn1ncnc1C(NC)c1ccc(C)cc1F. The minimum Gasteiger partial charge on any atom is -0.307 e. The first-order valence-electron chi connectivity index (χ1n) is 5.98. The van der Waals surface area contributed by atoms with Gasteiger partial charge in [0, 0.05) is 12.1 Å². The van der Waals surface area contributed by atoms with Crippen LogP contribution in [0.4, 0.5) is 4.39 Å². The molecule has 1 heterocycles. The lowest BCUT2D eigenvalue weighted by atomic mass is 10.0. The van der Waals surface area contributed by atoms with Crippen molar-refractivity contribution in [2.24, 2.45) is 0 Å². The van der Waals surface area contributed by atoms with Crippen LogP contribution in [-0.4, -0.2) is 21.8 Å². The summed E-state index contributed by atoms with van der Waals surface area (Å²) in [6.07, 6.45) is 1.50. The summed E-state index contributed by atoms with van der Waals surface area (Å²) in [5, 5.41) is 7.21. The van der Waals surface area contributed by atoms with Crippen LogP contribution in [0.3, 0.4) is 0 Å². The standard InChI is InChI=1S/C13H17FN4/c1-4-18-13(16-8-17-18)12(15-3)10-6-5-9(2)7-11(10)14/h5-8,12,15H,4H2,1-3H3. The van der Waals surface area contributed by atoms with Crippen molar-refractivity contribution in [3.05, 3.63) is 47.3 Å². The topological polar surface area (TPSA) is 42.7 Å². The van der Waals surface area contributed by atoms with Crippen molar-refractivity contribution < 1.29 is 4.39 Å². The Morgan fingerprint density at radius 1 is 1.44 bits per heavy atom. The average molecular weight is 248 g/mol. The van der Waals surface area contributed by atoms with Crippen LogP contribution in [0, 0.1) is 12.7 Å². The number of hydrogen-bond acceptors (Lipinski definition) is 3. The Morgan fingerprint density at radius 2 is 2.22 bits per heavy atom. The molecule has 96 valence electrons. The van der Waals surface area contributed by atoms with Gasteiger partial charge in [0.25, 0.3) is 0 Å². The van der Waals surface area contributed by atoms with Crippen LogP contribution in [0.1, 0.15) is 29.9 Å². The van der Waals surface area contributed by atoms with E-state index in [1.54, 1.807) is 17.8 Å². The summed E-state index contributed by atoms with van der Waals surface area (Å²) in [5.74, 6) is 0.503. The summed E-state index contributed by atoms with van der Waals surface area (Å²) in [6.45, 7) is 4.56. The number of rotatable bonds is 4. The zero-order valence-electron chi connectivity index (χ0n) is 10.8. The zero-order chi connectivity index (χ0) is 13.1. The van der Waals surface area contributed by atoms with E-state index in [0.717, 1.165) is 11.4 Å². The highest BCUT2D eigenvalue weighted by molar-refractivity contribution is 5.29. The average Bonchev–Trinajstić information content (AvgIpc) is 2.81. The molecule has 1 aromatic carbocycles. The molecule has 1 atom stereocenters. The van der Waals surface area contributed by atoms with Crippen molar-refractivity contribution in [2.45, 2.75) is 26.4 Å². The Balaban J connectivity index is 2.45. The smallest absolute Gasteiger partial charge is 0.148 e. The lowest BCUT2D eigenvalue weighted by Gasteiger charge is -2.17. The summed E-state index contributed by atoms with van der Waals surface area (Å²) in [5.41, 5.74) is 1.49. The Bertz CT molecular complexity index is 536. The van der Waals surface area contributed by atoms with Gasteiger partial charge in [-0.2, -0.15) is 5.10 Å². The molecule has 1 aromatic heterocycles. The Labute approximate surface area is 106 Å². The van der Waals surface area contributed by atoms with E-state index in [1.165, 1.54) is 12.4 Å². The fourth-order valence-electron chi connectivity index (χ4n) is 2.03. The number of aromatic nitrogens is 3. The minimum atomic E-state index is -0.284. The number of hydrogen-bond donors (Lipinski definition) is 1. The molecule has 5 heteroatoms. The van der Waals surface area contributed by atoms with E-state index < -0.39 is 0 Å². The summed E-state index contributed by atoms with van der Waals surface area (Å²) in [4.78, 5) is 4.22. The van der Waals surface area contributed by atoms with E-state index in [-0.39, 0.29) is 11.9 Å². The van der Waals surface area contributed by atoms with Crippen molar-refractivity contribution in [3.8, 4) is 0 Å². The maximum absolute atomic E-state index is 14.0. The molecule has 1 N–H and O–H groups in total. The molecule has 0 aliphatic rings. The van der Waals surface area contributed by atoms with Crippen molar-refractivity contribution in [3.63, 3.8) is 0 Å². The molecular formula is C13H17FN4. The second-order valence-electron chi connectivity index (χ2n) is 4.18. The maximum Gasteiger partial charge on any atom is 0.148 e. The van der Waals surface area contributed by atoms with Gasteiger partial charge in [0.1, 0.15) is 18.0 Å². The molecule has 0 spiro atoms. The number of nitrogens with one attached hydrogen (secondary N) is 1.